The number of carbonyl (C=O) groups is 1. The molecule has 8 nitrogen and oxygen atoms in total. The molecule has 0 aliphatic carbocycles. The summed E-state index contributed by atoms with van der Waals surface area (Å²) in [5.74, 6) is 0.910. The molecular formula is C25H28N2O6S. The highest BCUT2D eigenvalue weighted by Crippen LogP contribution is 2.30. The van der Waals surface area contributed by atoms with Crippen molar-refractivity contribution in [2.45, 2.75) is 11.8 Å². The predicted molar refractivity (Wildman–Crippen MR) is 130 cm³/mol. The minimum atomic E-state index is -3.78. The van der Waals surface area contributed by atoms with Gasteiger partial charge in [-0.1, -0.05) is 30.3 Å². The van der Waals surface area contributed by atoms with Crippen LogP contribution in [0.4, 0.5) is 5.69 Å². The highest BCUT2D eigenvalue weighted by molar-refractivity contribution is 7.89. The van der Waals surface area contributed by atoms with Gasteiger partial charge in [0.05, 0.1) is 12.2 Å². The molecule has 0 fully saturated rings. The lowest BCUT2D eigenvalue weighted by Gasteiger charge is -2.17. The molecule has 1 N–H and O–H groups in total. The van der Waals surface area contributed by atoms with Crippen LogP contribution in [0.25, 0.3) is 0 Å². The number of amides is 1. The van der Waals surface area contributed by atoms with Gasteiger partial charge in [-0.3, -0.25) is 4.79 Å². The fraction of sp³-hybridized carbons (Fsp3) is 0.240. The molecule has 180 valence electrons. The molecular weight excluding hydrogens is 456 g/mol. The van der Waals surface area contributed by atoms with Crippen LogP contribution >= 0.6 is 0 Å². The van der Waals surface area contributed by atoms with Gasteiger partial charge >= 0.3 is 0 Å². The summed E-state index contributed by atoms with van der Waals surface area (Å²) in [5.41, 5.74) is 0.629. The third kappa shape index (κ3) is 6.27. The first-order chi connectivity index (χ1) is 16.3. The maximum atomic E-state index is 13.0. The zero-order valence-corrected chi connectivity index (χ0v) is 20.2. The van der Waals surface area contributed by atoms with Gasteiger partial charge in [0.25, 0.3) is 5.91 Å². The summed E-state index contributed by atoms with van der Waals surface area (Å²) in [6.07, 6.45) is 0. The second-order valence-electron chi connectivity index (χ2n) is 7.34. The van der Waals surface area contributed by atoms with Gasteiger partial charge in [0.2, 0.25) is 10.0 Å². The van der Waals surface area contributed by atoms with E-state index in [-0.39, 0.29) is 17.3 Å². The largest absolute Gasteiger partial charge is 0.492 e. The van der Waals surface area contributed by atoms with Gasteiger partial charge in [0.1, 0.15) is 35.4 Å². The van der Waals surface area contributed by atoms with Crippen LogP contribution in [-0.4, -0.2) is 52.5 Å². The molecule has 0 aliphatic rings. The molecule has 3 aromatic rings. The zero-order chi connectivity index (χ0) is 24.6. The second kappa shape index (κ2) is 11.5. The van der Waals surface area contributed by atoms with E-state index in [9.17, 15) is 13.2 Å². The van der Waals surface area contributed by atoms with Crippen molar-refractivity contribution in [2.24, 2.45) is 0 Å². The summed E-state index contributed by atoms with van der Waals surface area (Å²) in [7, 11) is -0.908. The third-order valence-electron chi connectivity index (χ3n) is 4.74. The van der Waals surface area contributed by atoms with Crippen LogP contribution < -0.4 is 19.5 Å². The third-order valence-corrected chi connectivity index (χ3v) is 6.58. The summed E-state index contributed by atoms with van der Waals surface area (Å²) >= 11 is 0. The van der Waals surface area contributed by atoms with E-state index in [4.69, 9.17) is 14.2 Å². The van der Waals surface area contributed by atoms with Crippen LogP contribution in [0.3, 0.4) is 0 Å². The van der Waals surface area contributed by atoms with Gasteiger partial charge in [-0.15, -0.1) is 0 Å². The van der Waals surface area contributed by atoms with E-state index in [0.717, 1.165) is 10.1 Å². The first-order valence-electron chi connectivity index (χ1n) is 10.7. The van der Waals surface area contributed by atoms with Crippen molar-refractivity contribution in [3.8, 4) is 17.2 Å². The first kappa shape index (κ1) is 25.1. The highest BCUT2D eigenvalue weighted by Gasteiger charge is 2.23. The van der Waals surface area contributed by atoms with E-state index in [1.807, 2.05) is 30.3 Å². The number of ether oxygens (including phenoxy) is 3. The average molecular weight is 485 g/mol. The Morgan fingerprint density at radius 2 is 1.53 bits per heavy atom. The number of hydrogen-bond donors (Lipinski definition) is 1. The number of para-hydroxylation sites is 2. The Hall–Kier alpha value is -3.56. The van der Waals surface area contributed by atoms with E-state index in [1.165, 1.54) is 26.2 Å². The molecule has 3 rings (SSSR count). The van der Waals surface area contributed by atoms with Crippen molar-refractivity contribution in [1.82, 2.24) is 4.31 Å². The molecule has 0 atom stereocenters. The molecule has 34 heavy (non-hydrogen) atoms. The number of nitrogens with one attached hydrogen (secondary N) is 1. The summed E-state index contributed by atoms with van der Waals surface area (Å²) in [4.78, 5) is 13.0. The van der Waals surface area contributed by atoms with Crippen molar-refractivity contribution in [2.75, 3.05) is 39.2 Å². The number of benzene rings is 3. The van der Waals surface area contributed by atoms with E-state index in [0.29, 0.717) is 30.2 Å². The van der Waals surface area contributed by atoms with Gasteiger partial charge in [0, 0.05) is 19.8 Å². The molecule has 0 bridgehead atoms. The van der Waals surface area contributed by atoms with E-state index in [2.05, 4.69) is 5.32 Å². The quantitative estimate of drug-likeness (QED) is 0.413. The topological polar surface area (TPSA) is 94.2 Å². The summed E-state index contributed by atoms with van der Waals surface area (Å²) in [6.45, 7) is 2.63. The van der Waals surface area contributed by atoms with Crippen molar-refractivity contribution < 1.29 is 27.4 Å². The maximum Gasteiger partial charge on any atom is 0.259 e. The summed E-state index contributed by atoms with van der Waals surface area (Å²) < 4.78 is 43.4. The molecule has 1 amide bonds. The number of carbonyl (C=O) groups excluding carboxylic acids is 1. The molecule has 0 saturated heterocycles. The molecule has 0 unspecified atom stereocenters. The number of nitrogens with zero attached hydrogens (tertiary/aromatic N) is 1. The number of anilines is 1. The lowest BCUT2D eigenvalue weighted by molar-refractivity contribution is 0.102. The van der Waals surface area contributed by atoms with Gasteiger partial charge in [-0.2, -0.15) is 0 Å². The van der Waals surface area contributed by atoms with Crippen LogP contribution in [0.5, 0.6) is 17.2 Å². The fourth-order valence-corrected chi connectivity index (χ4v) is 4.12. The highest BCUT2D eigenvalue weighted by atomic mass is 32.2. The van der Waals surface area contributed by atoms with Gasteiger partial charge in [0.15, 0.2) is 0 Å². The Labute approximate surface area is 200 Å². The lowest BCUT2D eigenvalue weighted by atomic mass is 10.2. The molecule has 0 spiro atoms. The Balaban J connectivity index is 1.73. The van der Waals surface area contributed by atoms with Crippen molar-refractivity contribution in [3.63, 3.8) is 0 Å². The molecule has 9 heteroatoms. The minimum absolute atomic E-state index is 0.0280. The average Bonchev–Trinajstić information content (AvgIpc) is 2.83. The summed E-state index contributed by atoms with van der Waals surface area (Å²) in [5, 5.41) is 2.75. The van der Waals surface area contributed by atoms with Crippen LogP contribution in [0.1, 0.15) is 17.3 Å². The second-order valence-corrected chi connectivity index (χ2v) is 9.46. The zero-order valence-electron chi connectivity index (χ0n) is 19.4. The molecule has 0 saturated carbocycles. The summed E-state index contributed by atoms with van der Waals surface area (Å²) in [6, 6.07) is 20.7. The Morgan fingerprint density at radius 1 is 0.853 bits per heavy atom. The van der Waals surface area contributed by atoms with Crippen LogP contribution in [0.2, 0.25) is 0 Å². The van der Waals surface area contributed by atoms with E-state index >= 15 is 0 Å². The van der Waals surface area contributed by atoms with Crippen LogP contribution in [0, 0.1) is 0 Å². The smallest absolute Gasteiger partial charge is 0.259 e. The van der Waals surface area contributed by atoms with Gasteiger partial charge in [-0.25, -0.2) is 12.7 Å². The molecule has 0 heterocycles. The van der Waals surface area contributed by atoms with Crippen molar-refractivity contribution in [3.05, 3.63) is 78.4 Å². The Kier molecular flexibility index (Phi) is 8.50. The lowest BCUT2D eigenvalue weighted by Crippen LogP contribution is -2.23. The Bertz CT molecular complexity index is 1210. The van der Waals surface area contributed by atoms with E-state index < -0.39 is 15.9 Å². The first-order valence-corrected chi connectivity index (χ1v) is 12.2. The minimum Gasteiger partial charge on any atom is -0.492 e. The van der Waals surface area contributed by atoms with Crippen LogP contribution in [-0.2, 0) is 10.0 Å². The number of rotatable bonds is 11. The Morgan fingerprint density at radius 3 is 2.24 bits per heavy atom. The van der Waals surface area contributed by atoms with Gasteiger partial charge < -0.3 is 19.5 Å². The molecule has 0 aliphatic heterocycles. The van der Waals surface area contributed by atoms with Crippen molar-refractivity contribution >= 4 is 21.6 Å². The predicted octanol–water partition coefficient (Wildman–Crippen LogP) is 4.05. The normalized spacial score (nSPS) is 11.2. The maximum absolute atomic E-state index is 13.0. The van der Waals surface area contributed by atoms with Crippen LogP contribution in [0.15, 0.2) is 77.7 Å². The molecule has 0 aromatic heterocycles. The fourth-order valence-electron chi connectivity index (χ4n) is 3.07. The molecule has 0 radical (unpaired) electrons. The SMILES string of the molecule is CCOc1ccc(NC(=O)c2ccccc2OCCOc2ccccc2)cc1S(=O)(=O)N(C)C. The number of hydrogen-bond acceptors (Lipinski definition) is 6. The monoisotopic (exact) mass is 484 g/mol. The van der Waals surface area contributed by atoms with Crippen molar-refractivity contribution in [1.29, 1.82) is 0 Å². The molecule has 3 aromatic carbocycles. The number of sulfonamides is 1. The van der Waals surface area contributed by atoms with Gasteiger partial charge in [-0.05, 0) is 49.4 Å². The van der Waals surface area contributed by atoms with E-state index in [1.54, 1.807) is 37.3 Å². The standard InChI is InChI=1S/C25H28N2O6S/c1-4-31-23-15-14-19(18-24(23)34(29,30)27(2)3)26-25(28)21-12-8-9-13-22(21)33-17-16-32-20-10-6-5-7-11-20/h5-15,18H,4,16-17H2,1-3H3,(H,26,28).